The summed E-state index contributed by atoms with van der Waals surface area (Å²) < 4.78 is 64.5. The highest BCUT2D eigenvalue weighted by Gasteiger charge is 2.40. The molecule has 4 nitrogen and oxygen atoms in total. The molecular formula is C12H15F3N2O2S. The van der Waals surface area contributed by atoms with E-state index in [-0.39, 0.29) is 19.0 Å². The van der Waals surface area contributed by atoms with Gasteiger partial charge in [-0.1, -0.05) is 12.1 Å². The molecule has 1 aliphatic heterocycles. The summed E-state index contributed by atoms with van der Waals surface area (Å²) in [6.45, 7) is 0.703. The monoisotopic (exact) mass is 308 g/mol. The maximum absolute atomic E-state index is 12.9. The Bertz CT molecular complexity index is 587. The van der Waals surface area contributed by atoms with E-state index in [0.717, 1.165) is 16.4 Å². The number of nitrogens with two attached hydrogens (primary N) is 1. The van der Waals surface area contributed by atoms with Gasteiger partial charge < -0.3 is 5.73 Å². The SMILES string of the molecule is NCC1CCN(S(=O)(=O)c2ccccc2C(F)(F)F)C1. The molecule has 0 bridgehead atoms. The summed E-state index contributed by atoms with van der Waals surface area (Å²) in [5.41, 5.74) is 4.35. The second-order valence-electron chi connectivity index (χ2n) is 4.75. The van der Waals surface area contributed by atoms with E-state index in [9.17, 15) is 21.6 Å². The molecular weight excluding hydrogens is 293 g/mol. The summed E-state index contributed by atoms with van der Waals surface area (Å²) in [6.07, 6.45) is -4.12. The molecule has 0 spiro atoms. The number of rotatable bonds is 3. The number of hydrogen-bond donors (Lipinski definition) is 1. The van der Waals surface area contributed by atoms with Crippen LogP contribution in [-0.2, 0) is 16.2 Å². The van der Waals surface area contributed by atoms with Crippen molar-refractivity contribution in [2.45, 2.75) is 17.5 Å². The Labute approximate surface area is 115 Å². The van der Waals surface area contributed by atoms with Crippen molar-refractivity contribution in [2.24, 2.45) is 11.7 Å². The minimum absolute atomic E-state index is 0.00261. The van der Waals surface area contributed by atoms with E-state index >= 15 is 0 Å². The maximum atomic E-state index is 12.9. The molecule has 0 aliphatic carbocycles. The molecule has 0 amide bonds. The molecule has 1 heterocycles. The number of sulfonamides is 1. The van der Waals surface area contributed by atoms with Gasteiger partial charge in [-0.25, -0.2) is 8.42 Å². The fourth-order valence-electron chi connectivity index (χ4n) is 2.27. The zero-order valence-electron chi connectivity index (χ0n) is 10.6. The summed E-state index contributed by atoms with van der Waals surface area (Å²) in [5, 5.41) is 0. The summed E-state index contributed by atoms with van der Waals surface area (Å²) in [7, 11) is -4.14. The van der Waals surface area contributed by atoms with Crippen molar-refractivity contribution in [3.8, 4) is 0 Å². The van der Waals surface area contributed by atoms with Crippen molar-refractivity contribution in [1.29, 1.82) is 0 Å². The van der Waals surface area contributed by atoms with Gasteiger partial charge in [-0.2, -0.15) is 17.5 Å². The molecule has 2 rings (SSSR count). The van der Waals surface area contributed by atoms with Crippen LogP contribution in [0.2, 0.25) is 0 Å². The zero-order valence-corrected chi connectivity index (χ0v) is 11.4. The highest BCUT2D eigenvalue weighted by atomic mass is 32.2. The maximum Gasteiger partial charge on any atom is 0.417 e. The lowest BCUT2D eigenvalue weighted by Gasteiger charge is -2.19. The highest BCUT2D eigenvalue weighted by molar-refractivity contribution is 7.89. The summed E-state index contributed by atoms with van der Waals surface area (Å²) in [4.78, 5) is -0.690. The molecule has 112 valence electrons. The van der Waals surface area contributed by atoms with Gasteiger partial charge >= 0.3 is 6.18 Å². The Morgan fingerprint density at radius 2 is 1.95 bits per heavy atom. The van der Waals surface area contributed by atoms with Crippen molar-refractivity contribution in [1.82, 2.24) is 4.31 Å². The summed E-state index contributed by atoms with van der Waals surface area (Å²) in [6, 6.07) is 4.24. The van der Waals surface area contributed by atoms with Gasteiger partial charge in [0.15, 0.2) is 0 Å². The van der Waals surface area contributed by atoms with E-state index < -0.39 is 26.7 Å². The molecule has 1 atom stereocenters. The van der Waals surface area contributed by atoms with E-state index in [1.165, 1.54) is 12.1 Å². The molecule has 1 aromatic rings. The van der Waals surface area contributed by atoms with Crippen molar-refractivity contribution in [3.05, 3.63) is 29.8 Å². The first kappa shape index (κ1) is 15.3. The Kier molecular flexibility index (Phi) is 4.08. The first-order chi connectivity index (χ1) is 9.26. The minimum atomic E-state index is -4.70. The van der Waals surface area contributed by atoms with Gasteiger partial charge in [-0.05, 0) is 31.0 Å². The van der Waals surface area contributed by atoms with Crippen LogP contribution in [0, 0.1) is 5.92 Å². The normalized spacial score (nSPS) is 21.3. The van der Waals surface area contributed by atoms with Gasteiger partial charge in [0.1, 0.15) is 0 Å². The molecule has 20 heavy (non-hydrogen) atoms. The van der Waals surface area contributed by atoms with Gasteiger partial charge in [-0.3, -0.25) is 0 Å². The van der Waals surface area contributed by atoms with Crippen molar-refractivity contribution >= 4 is 10.0 Å². The fourth-order valence-corrected chi connectivity index (χ4v) is 4.02. The first-order valence-corrected chi connectivity index (χ1v) is 7.57. The summed E-state index contributed by atoms with van der Waals surface area (Å²) >= 11 is 0. The van der Waals surface area contributed by atoms with Crippen molar-refractivity contribution < 1.29 is 21.6 Å². The van der Waals surface area contributed by atoms with Gasteiger partial charge in [-0.15, -0.1) is 0 Å². The number of hydrogen-bond acceptors (Lipinski definition) is 3. The van der Waals surface area contributed by atoms with Gasteiger partial charge in [0.2, 0.25) is 10.0 Å². The number of alkyl halides is 3. The third kappa shape index (κ3) is 2.82. The Balaban J connectivity index is 2.41. The molecule has 8 heteroatoms. The predicted octanol–water partition coefficient (Wildman–Crippen LogP) is 1.67. The van der Waals surface area contributed by atoms with E-state index in [1.54, 1.807) is 0 Å². The lowest BCUT2D eigenvalue weighted by atomic mass is 10.1. The molecule has 1 unspecified atom stereocenters. The van der Waals surface area contributed by atoms with Crippen LogP contribution in [0.25, 0.3) is 0 Å². The number of halogens is 3. The Morgan fingerprint density at radius 1 is 1.30 bits per heavy atom. The minimum Gasteiger partial charge on any atom is -0.330 e. The van der Waals surface area contributed by atoms with Crippen LogP contribution >= 0.6 is 0 Å². The van der Waals surface area contributed by atoms with Crippen LogP contribution in [0.4, 0.5) is 13.2 Å². The molecule has 1 aliphatic rings. The van der Waals surface area contributed by atoms with E-state index in [4.69, 9.17) is 5.73 Å². The average molecular weight is 308 g/mol. The molecule has 1 saturated heterocycles. The predicted molar refractivity (Wildman–Crippen MR) is 67.4 cm³/mol. The van der Waals surface area contributed by atoms with Gasteiger partial charge in [0.25, 0.3) is 0 Å². The molecule has 0 saturated carbocycles. The largest absolute Gasteiger partial charge is 0.417 e. The molecule has 1 aromatic carbocycles. The van der Waals surface area contributed by atoms with Crippen LogP contribution in [0.5, 0.6) is 0 Å². The average Bonchev–Trinajstić information content (AvgIpc) is 2.87. The van der Waals surface area contributed by atoms with E-state index in [2.05, 4.69) is 0 Å². The van der Waals surface area contributed by atoms with Crippen LogP contribution < -0.4 is 5.73 Å². The Hall–Kier alpha value is -1.12. The second-order valence-corrected chi connectivity index (χ2v) is 6.65. The number of nitrogens with zero attached hydrogens (tertiary/aromatic N) is 1. The van der Waals surface area contributed by atoms with Crippen LogP contribution in [-0.4, -0.2) is 32.4 Å². The first-order valence-electron chi connectivity index (χ1n) is 6.13. The second kappa shape index (κ2) is 5.34. The lowest BCUT2D eigenvalue weighted by Crippen LogP contribution is -2.31. The highest BCUT2D eigenvalue weighted by Crippen LogP contribution is 2.36. The fraction of sp³-hybridized carbons (Fsp3) is 0.500. The van der Waals surface area contributed by atoms with E-state index in [1.807, 2.05) is 0 Å². The lowest BCUT2D eigenvalue weighted by molar-refractivity contribution is -0.139. The molecule has 0 radical (unpaired) electrons. The molecule has 1 fully saturated rings. The van der Waals surface area contributed by atoms with Crippen LogP contribution in [0.15, 0.2) is 29.2 Å². The third-order valence-corrected chi connectivity index (χ3v) is 5.32. The van der Waals surface area contributed by atoms with Gasteiger partial charge in [0.05, 0.1) is 10.5 Å². The van der Waals surface area contributed by atoms with E-state index in [0.29, 0.717) is 13.0 Å². The molecule has 0 aromatic heterocycles. The van der Waals surface area contributed by atoms with Crippen LogP contribution in [0.3, 0.4) is 0 Å². The molecule has 2 N–H and O–H groups in total. The standard InChI is InChI=1S/C12H15F3N2O2S/c13-12(14,15)10-3-1-2-4-11(10)20(18,19)17-6-5-9(7-16)8-17/h1-4,9H,5-8,16H2. The van der Waals surface area contributed by atoms with Crippen molar-refractivity contribution in [2.75, 3.05) is 19.6 Å². The van der Waals surface area contributed by atoms with Gasteiger partial charge in [0, 0.05) is 13.1 Å². The zero-order chi connectivity index (χ0) is 15.0. The van der Waals surface area contributed by atoms with Crippen LogP contribution in [0.1, 0.15) is 12.0 Å². The smallest absolute Gasteiger partial charge is 0.330 e. The third-order valence-electron chi connectivity index (χ3n) is 3.39. The quantitative estimate of drug-likeness (QED) is 0.924. The number of benzene rings is 1. The topological polar surface area (TPSA) is 63.4 Å². The Morgan fingerprint density at radius 3 is 2.50 bits per heavy atom. The van der Waals surface area contributed by atoms with Crippen molar-refractivity contribution in [3.63, 3.8) is 0 Å². The summed E-state index contributed by atoms with van der Waals surface area (Å²) in [5.74, 6) is 0.00261.